The number of para-hydroxylation sites is 1. The lowest BCUT2D eigenvalue weighted by Gasteiger charge is -2.26. The van der Waals surface area contributed by atoms with Crippen LogP contribution in [0.4, 0.5) is 16.6 Å². The van der Waals surface area contributed by atoms with E-state index in [0.717, 1.165) is 11.3 Å². The van der Waals surface area contributed by atoms with E-state index in [4.69, 9.17) is 21.9 Å². The molecule has 0 unspecified atom stereocenters. The summed E-state index contributed by atoms with van der Waals surface area (Å²) in [4.78, 5) is 42.3. The number of ether oxygens (including phenoxy) is 1. The molecule has 2 amide bonds. The molecular formula is C22H23N5O4S. The van der Waals surface area contributed by atoms with Crippen molar-refractivity contribution in [3.05, 3.63) is 65.0 Å². The fraction of sp³-hybridized carbons (Fsp3) is 0.182. The number of amides is 2. The second kappa shape index (κ2) is 9.48. The molecule has 2 atom stereocenters. The molecule has 0 radical (unpaired) electrons. The normalized spacial score (nSPS) is 12.6. The van der Waals surface area contributed by atoms with E-state index >= 15 is 0 Å². The van der Waals surface area contributed by atoms with E-state index in [2.05, 4.69) is 4.98 Å². The van der Waals surface area contributed by atoms with Crippen LogP contribution in [0.2, 0.25) is 0 Å². The smallest absolute Gasteiger partial charge is 0.258 e. The van der Waals surface area contributed by atoms with E-state index in [0.29, 0.717) is 22.1 Å². The number of thiazole rings is 1. The number of nitrogens with two attached hydrogens (primary N) is 3. The summed E-state index contributed by atoms with van der Waals surface area (Å²) in [6, 6.07) is 14.6. The molecule has 0 aliphatic rings. The Hall–Kier alpha value is -3.92. The number of carbonyl (C=O) groups is 3. The van der Waals surface area contributed by atoms with E-state index in [9.17, 15) is 14.4 Å². The van der Waals surface area contributed by atoms with Crippen LogP contribution < -0.4 is 26.8 Å². The Labute approximate surface area is 188 Å². The minimum atomic E-state index is -0.799. The molecule has 0 saturated heterocycles. The van der Waals surface area contributed by atoms with E-state index < -0.39 is 24.0 Å². The maximum atomic E-state index is 13.1. The highest BCUT2D eigenvalue weighted by molar-refractivity contribution is 7.18. The lowest BCUT2D eigenvalue weighted by molar-refractivity contribution is -0.124. The number of nitrogen functional groups attached to an aromatic ring is 1. The Bertz CT molecular complexity index is 1130. The molecule has 2 aromatic carbocycles. The van der Waals surface area contributed by atoms with Gasteiger partial charge in [0.15, 0.2) is 11.2 Å². The Morgan fingerprint density at radius 2 is 1.59 bits per heavy atom. The first kappa shape index (κ1) is 22.8. The van der Waals surface area contributed by atoms with Gasteiger partial charge in [-0.3, -0.25) is 14.4 Å². The van der Waals surface area contributed by atoms with Gasteiger partial charge in [-0.25, -0.2) is 4.98 Å². The van der Waals surface area contributed by atoms with Crippen LogP contribution in [-0.4, -0.2) is 34.7 Å². The minimum Gasteiger partial charge on any atom is -0.481 e. The van der Waals surface area contributed by atoms with E-state index in [1.165, 1.54) is 6.92 Å². The number of primary amides is 2. The van der Waals surface area contributed by atoms with Crippen LogP contribution in [0.25, 0.3) is 0 Å². The highest BCUT2D eigenvalue weighted by atomic mass is 32.1. The first-order valence-electron chi connectivity index (χ1n) is 9.69. The molecule has 0 saturated carbocycles. The lowest BCUT2D eigenvalue weighted by Crippen LogP contribution is -2.39. The Kier molecular flexibility index (Phi) is 6.74. The summed E-state index contributed by atoms with van der Waals surface area (Å²) in [6.07, 6.45) is -0.799. The van der Waals surface area contributed by atoms with Gasteiger partial charge in [-0.1, -0.05) is 29.5 Å². The third-order valence-electron chi connectivity index (χ3n) is 4.72. The van der Waals surface area contributed by atoms with Crippen molar-refractivity contribution in [2.75, 3.05) is 10.6 Å². The zero-order valence-corrected chi connectivity index (χ0v) is 18.3. The Morgan fingerprint density at radius 1 is 0.969 bits per heavy atom. The predicted octanol–water partition coefficient (Wildman–Crippen LogP) is 2.22. The summed E-state index contributed by atoms with van der Waals surface area (Å²) < 4.78 is 5.40. The van der Waals surface area contributed by atoms with Crippen molar-refractivity contribution < 1.29 is 19.1 Å². The fourth-order valence-electron chi connectivity index (χ4n) is 2.88. The molecule has 3 aromatic rings. The van der Waals surface area contributed by atoms with Gasteiger partial charge in [-0.2, -0.15) is 0 Å². The maximum absolute atomic E-state index is 13.1. The van der Waals surface area contributed by atoms with Crippen LogP contribution in [-0.2, 0) is 9.59 Å². The van der Waals surface area contributed by atoms with Crippen molar-refractivity contribution in [3.63, 3.8) is 0 Å². The van der Waals surface area contributed by atoms with Gasteiger partial charge in [0, 0.05) is 11.3 Å². The van der Waals surface area contributed by atoms with E-state index in [-0.39, 0.29) is 16.5 Å². The van der Waals surface area contributed by atoms with Gasteiger partial charge in [0.1, 0.15) is 22.5 Å². The molecule has 6 N–H and O–H groups in total. The zero-order valence-electron chi connectivity index (χ0n) is 17.5. The Morgan fingerprint density at radius 3 is 2.16 bits per heavy atom. The molecule has 0 aliphatic carbocycles. The first-order valence-corrected chi connectivity index (χ1v) is 10.5. The number of carbonyl (C=O) groups excluding carboxylic acids is 3. The van der Waals surface area contributed by atoms with Gasteiger partial charge >= 0.3 is 0 Å². The van der Waals surface area contributed by atoms with Crippen LogP contribution in [0.15, 0.2) is 54.6 Å². The average molecular weight is 454 g/mol. The first-order chi connectivity index (χ1) is 15.2. The quantitative estimate of drug-likeness (QED) is 0.420. The van der Waals surface area contributed by atoms with Gasteiger partial charge in [0.25, 0.3) is 5.91 Å². The largest absolute Gasteiger partial charge is 0.481 e. The molecule has 3 rings (SSSR count). The van der Waals surface area contributed by atoms with E-state index in [1.807, 2.05) is 30.3 Å². The third kappa shape index (κ3) is 4.86. The second-order valence-electron chi connectivity index (χ2n) is 7.01. The van der Waals surface area contributed by atoms with Crippen molar-refractivity contribution in [3.8, 4) is 5.75 Å². The Balaban J connectivity index is 1.90. The SMILES string of the molecule is C[C@@H](Oc1ccc(C(=O)c2sc(N(c3ccccc3)[C@@H](C)C(N)=O)nc2N)cc1)C(N)=O. The number of anilines is 3. The van der Waals surface area contributed by atoms with Crippen LogP contribution >= 0.6 is 11.3 Å². The minimum absolute atomic E-state index is 0.0512. The molecule has 10 heteroatoms. The molecular weight excluding hydrogens is 430 g/mol. The number of rotatable bonds is 9. The van der Waals surface area contributed by atoms with Crippen molar-refractivity contribution in [2.45, 2.75) is 26.0 Å². The summed E-state index contributed by atoms with van der Waals surface area (Å²) in [5, 5.41) is 0.374. The number of benzene rings is 2. The highest BCUT2D eigenvalue weighted by Crippen LogP contribution is 2.35. The van der Waals surface area contributed by atoms with Crippen LogP contribution in [0, 0.1) is 0 Å². The second-order valence-corrected chi connectivity index (χ2v) is 7.99. The summed E-state index contributed by atoms with van der Waals surface area (Å²) in [5.41, 5.74) is 17.8. The van der Waals surface area contributed by atoms with Gasteiger partial charge in [0.2, 0.25) is 11.7 Å². The lowest BCUT2D eigenvalue weighted by atomic mass is 10.1. The molecule has 0 spiro atoms. The monoisotopic (exact) mass is 453 g/mol. The van der Waals surface area contributed by atoms with Crippen LogP contribution in [0.3, 0.4) is 0 Å². The van der Waals surface area contributed by atoms with Crippen molar-refractivity contribution in [2.24, 2.45) is 11.5 Å². The topological polar surface area (TPSA) is 155 Å². The number of nitrogens with zero attached hydrogens (tertiary/aromatic N) is 2. The van der Waals surface area contributed by atoms with Gasteiger partial charge in [0.05, 0.1) is 0 Å². The molecule has 166 valence electrons. The average Bonchev–Trinajstić information content (AvgIpc) is 3.15. The number of hydrogen-bond acceptors (Lipinski definition) is 8. The van der Waals surface area contributed by atoms with Crippen molar-refractivity contribution in [1.82, 2.24) is 4.98 Å². The van der Waals surface area contributed by atoms with Crippen LogP contribution in [0.1, 0.15) is 29.1 Å². The van der Waals surface area contributed by atoms with Gasteiger partial charge in [-0.05, 0) is 50.2 Å². The molecule has 32 heavy (non-hydrogen) atoms. The standard InChI is InChI=1S/C22H23N5O4S/c1-12(20(24)29)27(15-6-4-3-5-7-15)22-26-19(23)18(32-22)17(28)14-8-10-16(11-9-14)31-13(2)21(25)30/h3-13H,23H2,1-2H3,(H2,24,29)(H2,25,30)/t12-,13+/m0/s1. The molecule has 1 heterocycles. The third-order valence-corrected chi connectivity index (χ3v) is 5.79. The summed E-state index contributed by atoms with van der Waals surface area (Å²) in [7, 11) is 0. The van der Waals surface area contributed by atoms with Crippen molar-refractivity contribution in [1.29, 1.82) is 0 Å². The molecule has 0 fully saturated rings. The molecule has 9 nitrogen and oxygen atoms in total. The highest BCUT2D eigenvalue weighted by Gasteiger charge is 2.27. The maximum Gasteiger partial charge on any atom is 0.258 e. The van der Waals surface area contributed by atoms with Gasteiger partial charge < -0.3 is 26.8 Å². The number of hydrogen-bond donors (Lipinski definition) is 3. The molecule has 0 bridgehead atoms. The molecule has 0 aliphatic heterocycles. The summed E-state index contributed by atoms with van der Waals surface area (Å²) in [6.45, 7) is 3.19. The fourth-order valence-corrected chi connectivity index (χ4v) is 3.93. The van der Waals surface area contributed by atoms with Crippen molar-refractivity contribution >= 4 is 45.6 Å². The summed E-state index contributed by atoms with van der Waals surface area (Å²) >= 11 is 1.07. The van der Waals surface area contributed by atoms with Crippen LogP contribution in [0.5, 0.6) is 5.75 Å². The predicted molar refractivity (Wildman–Crippen MR) is 123 cm³/mol. The number of ketones is 1. The zero-order chi connectivity index (χ0) is 23.4. The molecule has 1 aromatic heterocycles. The van der Waals surface area contributed by atoms with Gasteiger partial charge in [-0.15, -0.1) is 0 Å². The van der Waals surface area contributed by atoms with E-state index in [1.54, 1.807) is 36.1 Å². The number of aromatic nitrogens is 1. The summed E-state index contributed by atoms with van der Waals surface area (Å²) in [5.74, 6) is -1.02.